The molecule has 1 rings (SSSR count). The summed E-state index contributed by atoms with van der Waals surface area (Å²) in [5.41, 5.74) is 0.639. The van der Waals surface area contributed by atoms with Gasteiger partial charge in [-0.3, -0.25) is 0 Å². The predicted molar refractivity (Wildman–Crippen MR) is 50.1 cm³/mol. The summed E-state index contributed by atoms with van der Waals surface area (Å²) < 4.78 is 0.737. The Hall–Kier alpha value is 0.240. The molecule has 0 aliphatic heterocycles. The van der Waals surface area contributed by atoms with Gasteiger partial charge >= 0.3 is 0 Å². The van der Waals surface area contributed by atoms with Crippen molar-refractivity contribution in [3.63, 3.8) is 0 Å². The molecular formula is C7H5BrCl2O. The van der Waals surface area contributed by atoms with E-state index in [2.05, 4.69) is 15.9 Å². The SMILES string of the molecule is OCc1cc(Cl)c(Br)cc1Cl. The first kappa shape index (κ1) is 9.33. The first-order valence-corrected chi connectivity index (χ1v) is 4.44. The second kappa shape index (κ2) is 3.76. The van der Waals surface area contributed by atoms with Crippen molar-refractivity contribution >= 4 is 39.1 Å². The highest BCUT2D eigenvalue weighted by Crippen LogP contribution is 2.28. The van der Waals surface area contributed by atoms with Crippen LogP contribution in [0, 0.1) is 0 Å². The summed E-state index contributed by atoms with van der Waals surface area (Å²) in [6.07, 6.45) is 0. The zero-order valence-corrected chi connectivity index (χ0v) is 8.54. The fourth-order valence-electron chi connectivity index (χ4n) is 0.685. The monoisotopic (exact) mass is 254 g/mol. The Morgan fingerprint density at radius 2 is 1.91 bits per heavy atom. The summed E-state index contributed by atoms with van der Waals surface area (Å²) >= 11 is 14.7. The smallest absolute Gasteiger partial charge is 0.0696 e. The Bertz CT molecular complexity index is 275. The van der Waals surface area contributed by atoms with Crippen LogP contribution in [0.1, 0.15) is 5.56 Å². The van der Waals surface area contributed by atoms with Crippen molar-refractivity contribution in [3.8, 4) is 0 Å². The molecule has 0 bridgehead atoms. The van der Waals surface area contributed by atoms with E-state index >= 15 is 0 Å². The number of rotatable bonds is 1. The summed E-state index contributed by atoms with van der Waals surface area (Å²) in [4.78, 5) is 0. The molecule has 0 fully saturated rings. The molecule has 0 aromatic heterocycles. The van der Waals surface area contributed by atoms with Crippen LogP contribution < -0.4 is 0 Å². The van der Waals surface area contributed by atoms with E-state index in [1.54, 1.807) is 12.1 Å². The van der Waals surface area contributed by atoms with Gasteiger partial charge in [-0.2, -0.15) is 0 Å². The lowest BCUT2D eigenvalue weighted by Crippen LogP contribution is -1.84. The van der Waals surface area contributed by atoms with Crippen molar-refractivity contribution in [1.29, 1.82) is 0 Å². The summed E-state index contributed by atoms with van der Waals surface area (Å²) in [6.45, 7) is -0.0914. The molecule has 0 aliphatic rings. The minimum Gasteiger partial charge on any atom is -0.392 e. The van der Waals surface area contributed by atoms with Crippen LogP contribution in [0.4, 0.5) is 0 Å². The van der Waals surface area contributed by atoms with Crippen LogP contribution in [0.5, 0.6) is 0 Å². The largest absolute Gasteiger partial charge is 0.392 e. The Kier molecular flexibility index (Phi) is 3.19. The molecule has 60 valence electrons. The van der Waals surface area contributed by atoms with E-state index in [0.29, 0.717) is 15.6 Å². The number of benzene rings is 1. The number of aliphatic hydroxyl groups excluding tert-OH is 1. The molecule has 0 radical (unpaired) electrons. The average Bonchev–Trinajstić information content (AvgIpc) is 1.97. The number of halogens is 3. The third-order valence-electron chi connectivity index (χ3n) is 1.26. The van der Waals surface area contributed by atoms with E-state index in [0.717, 1.165) is 4.47 Å². The summed E-state index contributed by atoms with van der Waals surface area (Å²) in [5, 5.41) is 9.85. The molecular weight excluding hydrogens is 251 g/mol. The molecule has 1 nitrogen and oxygen atoms in total. The third-order valence-corrected chi connectivity index (χ3v) is 2.81. The van der Waals surface area contributed by atoms with E-state index < -0.39 is 0 Å². The second-order valence-electron chi connectivity index (χ2n) is 2.02. The maximum absolute atomic E-state index is 8.78. The number of hydrogen-bond donors (Lipinski definition) is 1. The number of aliphatic hydroxyl groups is 1. The van der Waals surface area contributed by atoms with Gasteiger partial charge < -0.3 is 5.11 Å². The van der Waals surface area contributed by atoms with Gasteiger partial charge in [-0.15, -0.1) is 0 Å². The predicted octanol–water partition coefficient (Wildman–Crippen LogP) is 3.25. The van der Waals surface area contributed by atoms with Gasteiger partial charge in [0.05, 0.1) is 11.6 Å². The molecule has 1 N–H and O–H groups in total. The first-order valence-electron chi connectivity index (χ1n) is 2.89. The van der Waals surface area contributed by atoms with Gasteiger partial charge in [-0.25, -0.2) is 0 Å². The molecule has 0 saturated carbocycles. The van der Waals surface area contributed by atoms with E-state index in [4.69, 9.17) is 28.3 Å². The highest BCUT2D eigenvalue weighted by Gasteiger charge is 2.03. The van der Waals surface area contributed by atoms with Gasteiger partial charge in [0.15, 0.2) is 0 Å². The zero-order valence-electron chi connectivity index (χ0n) is 5.44. The lowest BCUT2D eigenvalue weighted by atomic mass is 10.2. The van der Waals surface area contributed by atoms with Gasteiger partial charge in [-0.05, 0) is 33.6 Å². The molecule has 0 saturated heterocycles. The van der Waals surface area contributed by atoms with Crippen molar-refractivity contribution in [2.24, 2.45) is 0 Å². The van der Waals surface area contributed by atoms with E-state index in [9.17, 15) is 0 Å². The molecule has 0 spiro atoms. The minimum absolute atomic E-state index is 0.0914. The van der Waals surface area contributed by atoms with Crippen LogP contribution in [0.2, 0.25) is 10.0 Å². The van der Waals surface area contributed by atoms with Crippen LogP contribution in [-0.2, 0) is 6.61 Å². The van der Waals surface area contributed by atoms with E-state index in [1.807, 2.05) is 0 Å². The van der Waals surface area contributed by atoms with Crippen LogP contribution >= 0.6 is 39.1 Å². The lowest BCUT2D eigenvalue weighted by molar-refractivity contribution is 0.282. The van der Waals surface area contributed by atoms with E-state index in [1.165, 1.54) is 0 Å². The maximum atomic E-state index is 8.78. The topological polar surface area (TPSA) is 20.2 Å². The van der Waals surface area contributed by atoms with Crippen molar-refractivity contribution in [2.45, 2.75) is 6.61 Å². The van der Waals surface area contributed by atoms with Crippen LogP contribution in [-0.4, -0.2) is 5.11 Å². The Morgan fingerprint density at radius 3 is 2.45 bits per heavy atom. The molecule has 1 aromatic carbocycles. The summed E-state index contributed by atoms with van der Waals surface area (Å²) in [5.74, 6) is 0. The first-order chi connectivity index (χ1) is 5.15. The molecule has 0 aliphatic carbocycles. The van der Waals surface area contributed by atoms with Crippen molar-refractivity contribution in [2.75, 3.05) is 0 Å². The van der Waals surface area contributed by atoms with Gasteiger partial charge in [-0.1, -0.05) is 23.2 Å². The van der Waals surface area contributed by atoms with Crippen LogP contribution in [0.25, 0.3) is 0 Å². The molecule has 0 atom stereocenters. The molecule has 0 amide bonds. The van der Waals surface area contributed by atoms with Crippen molar-refractivity contribution in [1.82, 2.24) is 0 Å². The standard InChI is InChI=1S/C7H5BrCl2O/c8-5-2-6(9)4(3-11)1-7(5)10/h1-2,11H,3H2. The quantitative estimate of drug-likeness (QED) is 0.764. The normalized spacial score (nSPS) is 10.2. The molecule has 4 heteroatoms. The highest BCUT2D eigenvalue weighted by molar-refractivity contribution is 9.10. The second-order valence-corrected chi connectivity index (χ2v) is 3.68. The van der Waals surface area contributed by atoms with Crippen LogP contribution in [0.15, 0.2) is 16.6 Å². The Balaban J connectivity index is 3.21. The highest BCUT2D eigenvalue weighted by atomic mass is 79.9. The zero-order chi connectivity index (χ0) is 8.43. The lowest BCUT2D eigenvalue weighted by Gasteiger charge is -2.02. The molecule has 0 heterocycles. The van der Waals surface area contributed by atoms with Gasteiger partial charge in [0, 0.05) is 9.50 Å². The maximum Gasteiger partial charge on any atom is 0.0696 e. The minimum atomic E-state index is -0.0914. The van der Waals surface area contributed by atoms with Crippen molar-refractivity contribution < 1.29 is 5.11 Å². The summed E-state index contributed by atoms with van der Waals surface area (Å²) in [7, 11) is 0. The van der Waals surface area contributed by atoms with Crippen molar-refractivity contribution in [3.05, 3.63) is 32.2 Å². The number of hydrogen-bond acceptors (Lipinski definition) is 1. The van der Waals surface area contributed by atoms with Gasteiger partial charge in [0.2, 0.25) is 0 Å². The summed E-state index contributed by atoms with van der Waals surface area (Å²) in [6, 6.07) is 3.30. The van der Waals surface area contributed by atoms with Gasteiger partial charge in [0.1, 0.15) is 0 Å². The van der Waals surface area contributed by atoms with E-state index in [-0.39, 0.29) is 6.61 Å². The third kappa shape index (κ3) is 2.09. The van der Waals surface area contributed by atoms with Crippen LogP contribution in [0.3, 0.4) is 0 Å². The fraction of sp³-hybridized carbons (Fsp3) is 0.143. The molecule has 1 aromatic rings. The van der Waals surface area contributed by atoms with Gasteiger partial charge in [0.25, 0.3) is 0 Å². The Labute approximate surface area is 83.1 Å². The molecule has 0 unspecified atom stereocenters. The average molecular weight is 256 g/mol. The fourth-order valence-corrected chi connectivity index (χ4v) is 1.57. The Morgan fingerprint density at radius 1 is 1.27 bits per heavy atom. The molecule has 11 heavy (non-hydrogen) atoms.